The number of carbonyl (C=O) groups excluding carboxylic acids is 2. The fourth-order valence-corrected chi connectivity index (χ4v) is 2.86. The van der Waals surface area contributed by atoms with E-state index in [1.165, 1.54) is 0 Å². The van der Waals surface area contributed by atoms with Crippen LogP contribution in [0.15, 0.2) is 60.7 Å². The predicted molar refractivity (Wildman–Crippen MR) is 92.5 cm³/mol. The summed E-state index contributed by atoms with van der Waals surface area (Å²) >= 11 is 0. The molecule has 2 aromatic carbocycles. The molecule has 0 aromatic heterocycles. The molecule has 5 heteroatoms. The molecule has 1 fully saturated rings. The highest BCUT2D eigenvalue weighted by Gasteiger charge is 2.40. The Balaban J connectivity index is 1.73. The summed E-state index contributed by atoms with van der Waals surface area (Å²) in [6, 6.07) is 18.8. The van der Waals surface area contributed by atoms with Gasteiger partial charge in [0.25, 0.3) is 0 Å². The first-order valence-corrected chi connectivity index (χ1v) is 8.33. The number of carbonyl (C=O) groups is 2. The molecule has 0 aliphatic carbocycles. The van der Waals surface area contributed by atoms with Gasteiger partial charge in [-0.3, -0.25) is 9.69 Å². The highest BCUT2D eigenvalue weighted by Crippen LogP contribution is 2.23. The molecule has 130 valence electrons. The van der Waals surface area contributed by atoms with Crippen molar-refractivity contribution in [2.75, 3.05) is 6.61 Å². The van der Waals surface area contributed by atoms with Gasteiger partial charge in [-0.05, 0) is 18.1 Å². The number of rotatable bonds is 5. The van der Waals surface area contributed by atoms with Gasteiger partial charge in [0.05, 0.1) is 12.0 Å². The second-order valence-electron chi connectivity index (χ2n) is 6.14. The van der Waals surface area contributed by atoms with Crippen molar-refractivity contribution in [3.8, 4) is 0 Å². The van der Waals surface area contributed by atoms with Gasteiger partial charge in [0, 0.05) is 6.54 Å². The Morgan fingerprint density at radius 1 is 1.08 bits per heavy atom. The Morgan fingerprint density at radius 2 is 1.68 bits per heavy atom. The summed E-state index contributed by atoms with van der Waals surface area (Å²) in [6.07, 6.45) is -0.442. The van der Waals surface area contributed by atoms with Gasteiger partial charge in [-0.1, -0.05) is 60.7 Å². The average molecular weight is 339 g/mol. The molecule has 0 bridgehead atoms. The van der Waals surface area contributed by atoms with Gasteiger partial charge in [-0.25, -0.2) is 4.79 Å². The Kier molecular flexibility index (Phi) is 5.33. The van der Waals surface area contributed by atoms with Crippen LogP contribution in [0.5, 0.6) is 0 Å². The van der Waals surface area contributed by atoms with E-state index in [1.807, 2.05) is 60.7 Å². The van der Waals surface area contributed by atoms with Gasteiger partial charge in [0.1, 0.15) is 13.2 Å². The normalized spacial score (nSPS) is 19.3. The number of ether oxygens (including phenoxy) is 2. The third kappa shape index (κ3) is 4.18. The second-order valence-corrected chi connectivity index (χ2v) is 6.14. The quantitative estimate of drug-likeness (QED) is 0.784. The fourth-order valence-electron chi connectivity index (χ4n) is 2.86. The van der Waals surface area contributed by atoms with Crippen molar-refractivity contribution in [3.05, 3.63) is 71.8 Å². The minimum absolute atomic E-state index is 0.195. The third-order valence-corrected chi connectivity index (χ3v) is 4.38. The van der Waals surface area contributed by atoms with Gasteiger partial charge in [0.15, 0.2) is 0 Å². The van der Waals surface area contributed by atoms with Gasteiger partial charge in [-0.15, -0.1) is 0 Å². The van der Waals surface area contributed by atoms with Gasteiger partial charge < -0.3 is 9.47 Å². The molecule has 3 rings (SSSR count). The van der Waals surface area contributed by atoms with E-state index in [9.17, 15) is 9.59 Å². The maximum Gasteiger partial charge on any atom is 0.410 e. The van der Waals surface area contributed by atoms with E-state index >= 15 is 0 Å². The number of esters is 1. The van der Waals surface area contributed by atoms with Crippen molar-refractivity contribution in [2.24, 2.45) is 5.92 Å². The SMILES string of the molecule is C[C@H]1C(=O)OC[C@@H]1N(Cc1ccccc1)C(=O)OCc1ccccc1. The van der Waals surface area contributed by atoms with Crippen molar-refractivity contribution in [3.63, 3.8) is 0 Å². The van der Waals surface area contributed by atoms with Crippen LogP contribution in [0.25, 0.3) is 0 Å². The van der Waals surface area contributed by atoms with E-state index in [2.05, 4.69) is 0 Å². The topological polar surface area (TPSA) is 55.8 Å². The summed E-state index contributed by atoms with van der Waals surface area (Å²) in [5.41, 5.74) is 1.90. The lowest BCUT2D eigenvalue weighted by atomic mass is 10.0. The first-order chi connectivity index (χ1) is 12.1. The zero-order valence-electron chi connectivity index (χ0n) is 14.1. The molecule has 1 heterocycles. The van der Waals surface area contributed by atoms with E-state index in [-0.39, 0.29) is 31.1 Å². The Morgan fingerprint density at radius 3 is 2.24 bits per heavy atom. The van der Waals surface area contributed by atoms with Crippen molar-refractivity contribution in [2.45, 2.75) is 26.1 Å². The predicted octanol–water partition coefficient (Wildman–Crippen LogP) is 3.39. The summed E-state index contributed by atoms with van der Waals surface area (Å²) in [4.78, 5) is 26.0. The van der Waals surface area contributed by atoms with E-state index in [4.69, 9.17) is 9.47 Å². The maximum absolute atomic E-state index is 12.7. The zero-order chi connectivity index (χ0) is 17.6. The number of nitrogens with zero attached hydrogens (tertiary/aromatic N) is 1. The van der Waals surface area contributed by atoms with Crippen molar-refractivity contribution >= 4 is 12.1 Å². The van der Waals surface area contributed by atoms with Crippen LogP contribution in [0.4, 0.5) is 4.79 Å². The van der Waals surface area contributed by atoms with Crippen LogP contribution < -0.4 is 0 Å². The molecule has 0 spiro atoms. The monoisotopic (exact) mass is 339 g/mol. The molecule has 25 heavy (non-hydrogen) atoms. The Labute approximate surface area is 147 Å². The molecule has 2 aromatic rings. The van der Waals surface area contributed by atoms with E-state index in [1.54, 1.807) is 11.8 Å². The Bertz CT molecular complexity index is 717. The molecular weight excluding hydrogens is 318 g/mol. The third-order valence-electron chi connectivity index (χ3n) is 4.38. The summed E-state index contributed by atoms with van der Waals surface area (Å²) in [5.74, 6) is -0.646. The molecule has 0 radical (unpaired) electrons. The van der Waals surface area contributed by atoms with Gasteiger partial charge >= 0.3 is 12.1 Å². The molecule has 0 unspecified atom stereocenters. The molecule has 5 nitrogen and oxygen atoms in total. The minimum atomic E-state index is -0.442. The fraction of sp³-hybridized carbons (Fsp3) is 0.300. The smallest absolute Gasteiger partial charge is 0.410 e. The first-order valence-electron chi connectivity index (χ1n) is 8.33. The number of amides is 1. The minimum Gasteiger partial charge on any atom is -0.463 e. The summed E-state index contributed by atoms with van der Waals surface area (Å²) in [5, 5.41) is 0. The molecule has 1 saturated heterocycles. The number of benzene rings is 2. The van der Waals surface area contributed by atoms with Crippen molar-refractivity contribution < 1.29 is 19.1 Å². The van der Waals surface area contributed by atoms with Gasteiger partial charge in [-0.2, -0.15) is 0 Å². The highest BCUT2D eigenvalue weighted by atomic mass is 16.6. The average Bonchev–Trinajstić information content (AvgIpc) is 2.98. The lowest BCUT2D eigenvalue weighted by Gasteiger charge is -2.28. The maximum atomic E-state index is 12.7. The standard InChI is InChI=1S/C20H21NO4/c1-15-18(14-24-19(15)22)21(12-16-8-4-2-5-9-16)20(23)25-13-17-10-6-3-7-11-17/h2-11,15,18H,12-14H2,1H3/t15-,18+/m1/s1. The van der Waals surface area contributed by atoms with E-state index in [0.29, 0.717) is 6.54 Å². The van der Waals surface area contributed by atoms with Crippen LogP contribution in [0.1, 0.15) is 18.1 Å². The van der Waals surface area contributed by atoms with E-state index in [0.717, 1.165) is 11.1 Å². The number of hydrogen-bond acceptors (Lipinski definition) is 4. The van der Waals surface area contributed by atoms with Crippen LogP contribution >= 0.6 is 0 Å². The molecule has 0 N–H and O–H groups in total. The lowest BCUT2D eigenvalue weighted by molar-refractivity contribution is -0.140. The molecular formula is C20H21NO4. The molecule has 2 atom stereocenters. The van der Waals surface area contributed by atoms with Crippen molar-refractivity contribution in [1.29, 1.82) is 0 Å². The number of hydrogen-bond donors (Lipinski definition) is 0. The molecule has 1 aliphatic heterocycles. The molecule has 1 amide bonds. The van der Waals surface area contributed by atoms with Crippen molar-refractivity contribution in [1.82, 2.24) is 4.90 Å². The van der Waals surface area contributed by atoms with Crippen LogP contribution in [-0.2, 0) is 27.4 Å². The number of cyclic esters (lactones) is 1. The summed E-state index contributed by atoms with van der Waals surface area (Å²) in [7, 11) is 0. The van der Waals surface area contributed by atoms with Gasteiger partial charge in [0.2, 0.25) is 0 Å². The van der Waals surface area contributed by atoms with E-state index < -0.39 is 6.09 Å². The van der Waals surface area contributed by atoms with Crippen LogP contribution in [0.2, 0.25) is 0 Å². The summed E-state index contributed by atoms with van der Waals surface area (Å²) < 4.78 is 10.6. The van der Waals surface area contributed by atoms with Crippen LogP contribution in [0, 0.1) is 5.92 Å². The first kappa shape index (κ1) is 17.0. The zero-order valence-corrected chi connectivity index (χ0v) is 14.1. The summed E-state index contributed by atoms with van der Waals surface area (Å²) in [6.45, 7) is 2.55. The Hall–Kier alpha value is -2.82. The largest absolute Gasteiger partial charge is 0.463 e. The van der Waals surface area contributed by atoms with Crippen LogP contribution in [-0.4, -0.2) is 29.6 Å². The highest BCUT2D eigenvalue weighted by molar-refractivity contribution is 5.77. The lowest BCUT2D eigenvalue weighted by Crippen LogP contribution is -2.43. The molecule has 1 aliphatic rings. The van der Waals surface area contributed by atoms with Crippen LogP contribution in [0.3, 0.4) is 0 Å². The second kappa shape index (κ2) is 7.83. The molecule has 0 saturated carbocycles.